The number of ketones is 2. The minimum Gasteiger partial charge on any atom is -0.393 e. The van der Waals surface area contributed by atoms with E-state index in [0.29, 0.717) is 12.0 Å². The summed E-state index contributed by atoms with van der Waals surface area (Å²) in [5.41, 5.74) is -1.24. The second kappa shape index (κ2) is 4.53. The van der Waals surface area contributed by atoms with Gasteiger partial charge >= 0.3 is 0 Å². The Morgan fingerprint density at radius 3 is 2.82 bits per heavy atom. The molecule has 10 atom stereocenters. The van der Waals surface area contributed by atoms with Gasteiger partial charge in [-0.2, -0.15) is 0 Å². The smallest absolute Gasteiger partial charge is 0.155 e. The number of allylic oxidation sites excluding steroid dienone is 1. The summed E-state index contributed by atoms with van der Waals surface area (Å²) >= 11 is 0. The van der Waals surface area contributed by atoms with Gasteiger partial charge in [-0.05, 0) is 55.4 Å². The number of fused-ring (bicyclic) bond motifs is 5. The van der Waals surface area contributed by atoms with E-state index in [1.54, 1.807) is 6.92 Å². The lowest BCUT2D eigenvalue weighted by atomic mass is 9.47. The maximum absolute atomic E-state index is 13.3. The van der Waals surface area contributed by atoms with Gasteiger partial charge in [-0.25, -0.2) is 0 Å². The highest BCUT2D eigenvalue weighted by atomic mass is 16.3. The maximum atomic E-state index is 13.3. The molecule has 0 amide bonds. The Morgan fingerprint density at radius 1 is 1.27 bits per heavy atom. The fourth-order valence-corrected chi connectivity index (χ4v) is 5.47. The highest BCUT2D eigenvalue weighted by Gasteiger charge is 2.61. The molecule has 3 fully saturated rings. The van der Waals surface area contributed by atoms with Crippen molar-refractivity contribution in [2.45, 2.75) is 64.8 Å². The second-order valence-electron chi connectivity index (χ2n) is 7.88. The Kier molecular flexibility index (Phi) is 2.21. The van der Waals surface area contributed by atoms with Gasteiger partial charge in [0.25, 0.3) is 0 Å². The zero-order valence-electron chi connectivity index (χ0n) is 17.1. The molecule has 0 spiro atoms. The summed E-state index contributed by atoms with van der Waals surface area (Å²) in [6, 6.07) is 0. The highest BCUT2D eigenvalue weighted by Crippen LogP contribution is 2.64. The van der Waals surface area contributed by atoms with Gasteiger partial charge in [0.1, 0.15) is 5.78 Å². The SMILES string of the molecule is [3H]C1C2=CC(=O)C([3H])C([3H])[C@]2(C)[C@H]2C(=O)C[C@]3(C)[C@@H](O)CC[C@H]3[C@@H]2C1[3H]. The minimum absolute atomic E-state index is 0.0389. The van der Waals surface area contributed by atoms with Crippen LogP contribution in [0.1, 0.15) is 64.2 Å². The summed E-state index contributed by atoms with van der Waals surface area (Å²) in [5, 5.41) is 10.5. The molecule has 4 aliphatic rings. The van der Waals surface area contributed by atoms with Gasteiger partial charge in [0.15, 0.2) is 5.78 Å². The molecule has 0 aromatic rings. The molecule has 0 heterocycles. The highest BCUT2D eigenvalue weighted by molar-refractivity contribution is 5.93. The van der Waals surface area contributed by atoms with Crippen molar-refractivity contribution in [2.24, 2.45) is 28.6 Å². The molecule has 0 saturated heterocycles. The van der Waals surface area contributed by atoms with Crippen molar-refractivity contribution in [3.8, 4) is 0 Å². The van der Waals surface area contributed by atoms with Crippen LogP contribution in [0.25, 0.3) is 0 Å². The second-order valence-corrected chi connectivity index (χ2v) is 7.88. The summed E-state index contributed by atoms with van der Waals surface area (Å²) in [6.45, 7) is 3.67. The third kappa shape index (κ3) is 1.72. The van der Waals surface area contributed by atoms with Gasteiger partial charge in [-0.15, -0.1) is 0 Å². The normalized spacial score (nSPS) is 67.0. The first-order valence-corrected chi connectivity index (χ1v) is 8.20. The molecule has 1 N–H and O–H groups in total. The molecule has 4 aliphatic carbocycles. The molecule has 3 saturated carbocycles. The summed E-state index contributed by atoms with van der Waals surface area (Å²) in [5.74, 6) is -1.64. The van der Waals surface area contributed by atoms with Crippen molar-refractivity contribution in [3.05, 3.63) is 11.6 Å². The van der Waals surface area contributed by atoms with Gasteiger partial charge in [0, 0.05) is 29.6 Å². The third-order valence-electron chi connectivity index (χ3n) is 6.77. The molecule has 0 radical (unpaired) electrons. The predicted octanol–water partition coefficient (Wildman–Crippen LogP) is 3.06. The van der Waals surface area contributed by atoms with Gasteiger partial charge in [0.05, 0.1) is 6.10 Å². The minimum atomic E-state index is -1.26. The lowest BCUT2D eigenvalue weighted by Crippen LogP contribution is -2.55. The van der Waals surface area contributed by atoms with Crippen LogP contribution in [0.4, 0.5) is 0 Å². The Balaban J connectivity index is 1.89. The molecule has 22 heavy (non-hydrogen) atoms. The molecule has 4 unspecified atom stereocenters. The van der Waals surface area contributed by atoms with Crippen molar-refractivity contribution in [2.75, 3.05) is 0 Å². The summed E-state index contributed by atoms with van der Waals surface area (Å²) in [6.07, 6.45) is -1.98. The van der Waals surface area contributed by atoms with E-state index < -0.39 is 60.1 Å². The average Bonchev–Trinajstić information content (AvgIpc) is 2.87. The van der Waals surface area contributed by atoms with Crippen molar-refractivity contribution >= 4 is 11.6 Å². The first kappa shape index (κ1) is 10.7. The van der Waals surface area contributed by atoms with E-state index >= 15 is 0 Å². The van der Waals surface area contributed by atoms with Gasteiger partial charge in [0.2, 0.25) is 0 Å². The number of hydrogen-bond acceptors (Lipinski definition) is 3. The van der Waals surface area contributed by atoms with Crippen LogP contribution >= 0.6 is 0 Å². The van der Waals surface area contributed by atoms with Crippen LogP contribution in [0.5, 0.6) is 0 Å². The Morgan fingerprint density at radius 2 is 2.05 bits per heavy atom. The zero-order chi connectivity index (χ0) is 19.2. The maximum Gasteiger partial charge on any atom is 0.155 e. The molecular weight excluding hydrogens is 276 g/mol. The van der Waals surface area contributed by atoms with Gasteiger partial charge < -0.3 is 5.11 Å². The lowest BCUT2D eigenvalue weighted by molar-refractivity contribution is -0.148. The Labute approximate surface area is 137 Å². The van der Waals surface area contributed by atoms with E-state index in [1.165, 1.54) is 6.08 Å². The van der Waals surface area contributed by atoms with Crippen LogP contribution < -0.4 is 0 Å². The first-order valence-electron chi connectivity index (χ1n) is 10.5. The fraction of sp³-hybridized carbons (Fsp3) is 0.789. The number of rotatable bonds is 0. The number of hydrogen-bond donors (Lipinski definition) is 1. The molecule has 0 bridgehead atoms. The van der Waals surface area contributed by atoms with Crippen LogP contribution in [0.15, 0.2) is 11.6 Å². The summed E-state index contributed by atoms with van der Waals surface area (Å²) < 4.78 is 34.0. The number of carbonyl (C=O) groups is 2. The molecule has 0 aromatic carbocycles. The van der Waals surface area contributed by atoms with Crippen LogP contribution in [0.3, 0.4) is 0 Å². The zero-order valence-corrected chi connectivity index (χ0v) is 13.1. The molecule has 4 rings (SSSR count). The first-order chi connectivity index (χ1) is 12.0. The molecular formula is C19H26O3. The summed E-state index contributed by atoms with van der Waals surface area (Å²) in [4.78, 5) is 25.4. The Hall–Kier alpha value is -0.960. The topological polar surface area (TPSA) is 54.4 Å². The number of Topliss-reactive ketones (excluding diaryl/α,β-unsaturated/α-hetero) is 1. The van der Waals surface area contributed by atoms with E-state index in [0.717, 1.165) is 6.42 Å². The standard InChI is InChI=1S/C19H26O3/c1-18-8-7-12(20)9-11(18)3-4-13-14-5-6-16(22)19(14,2)10-15(21)17(13)18/h9,13-14,16-17,22H,3-8,10H2,1-2H3/t13-,14-,16-,17+,18-,19-/m0/s1/i3T,4T,7T,8T/t3?,4?,7?,8?,13-,14-,16-,17+,18-,19-. The van der Waals surface area contributed by atoms with Crippen molar-refractivity contribution in [3.63, 3.8) is 0 Å². The molecule has 3 nitrogen and oxygen atoms in total. The van der Waals surface area contributed by atoms with Crippen molar-refractivity contribution in [1.82, 2.24) is 0 Å². The monoisotopic (exact) mass is 310 g/mol. The largest absolute Gasteiger partial charge is 0.393 e. The quantitative estimate of drug-likeness (QED) is 0.748. The number of carbonyl (C=O) groups excluding carboxylic acids is 2. The molecule has 3 heteroatoms. The van der Waals surface area contributed by atoms with Crippen LogP contribution in [0, 0.1) is 28.6 Å². The predicted molar refractivity (Wildman–Crippen MR) is 83.1 cm³/mol. The fourth-order valence-electron chi connectivity index (χ4n) is 5.47. The van der Waals surface area contributed by atoms with E-state index in [9.17, 15) is 14.7 Å². The van der Waals surface area contributed by atoms with Crippen LogP contribution in [-0.4, -0.2) is 22.8 Å². The molecule has 0 aromatic heterocycles. The lowest BCUT2D eigenvalue weighted by Gasteiger charge is -2.56. The van der Waals surface area contributed by atoms with Crippen LogP contribution in [-0.2, 0) is 9.59 Å². The third-order valence-corrected chi connectivity index (χ3v) is 6.77. The average molecular weight is 310 g/mol. The van der Waals surface area contributed by atoms with E-state index in [4.69, 9.17) is 5.48 Å². The van der Waals surface area contributed by atoms with E-state index in [-0.39, 0.29) is 18.1 Å². The van der Waals surface area contributed by atoms with Gasteiger partial charge in [-0.3, -0.25) is 9.59 Å². The number of aliphatic hydroxyl groups excluding tert-OH is 1. The van der Waals surface area contributed by atoms with Crippen LogP contribution in [0.2, 0.25) is 0 Å². The molecule has 120 valence electrons. The van der Waals surface area contributed by atoms with Crippen molar-refractivity contribution in [1.29, 1.82) is 0 Å². The van der Waals surface area contributed by atoms with Crippen molar-refractivity contribution < 1.29 is 20.2 Å². The number of aliphatic hydroxyl groups is 1. The summed E-state index contributed by atoms with van der Waals surface area (Å²) in [7, 11) is 0. The Bertz CT molecular complexity index is 709. The van der Waals surface area contributed by atoms with Gasteiger partial charge in [-0.1, -0.05) is 19.4 Å². The van der Waals surface area contributed by atoms with E-state index in [2.05, 4.69) is 0 Å². The molecule has 0 aliphatic heterocycles. The van der Waals surface area contributed by atoms with E-state index in [1.807, 2.05) is 6.92 Å².